The molecular weight excluding hydrogens is 314 g/mol. The molecule has 0 saturated heterocycles. The number of benzene rings is 1. The highest BCUT2D eigenvalue weighted by molar-refractivity contribution is 14.1. The molecule has 0 spiro atoms. The molecule has 0 fully saturated rings. The first kappa shape index (κ1) is 10.2. The van der Waals surface area contributed by atoms with Gasteiger partial charge >= 0.3 is 0 Å². The maximum Gasteiger partial charge on any atom is 0.154 e. The van der Waals surface area contributed by atoms with Gasteiger partial charge in [-0.25, -0.2) is 4.39 Å². The summed E-state index contributed by atoms with van der Waals surface area (Å²) in [4.78, 5) is 0. The molecule has 0 aliphatic rings. The number of hydrogen-bond acceptors (Lipinski definition) is 2. The number of ether oxygens (including phenoxy) is 1. The van der Waals surface area contributed by atoms with E-state index in [-0.39, 0.29) is 5.82 Å². The molecule has 0 N–H and O–H groups in total. The monoisotopic (exact) mass is 322 g/mol. The van der Waals surface area contributed by atoms with Gasteiger partial charge in [0, 0.05) is 10.8 Å². The van der Waals surface area contributed by atoms with Crippen molar-refractivity contribution in [1.82, 2.24) is 0 Å². The van der Waals surface area contributed by atoms with E-state index in [1.54, 1.807) is 6.07 Å². The highest BCUT2D eigenvalue weighted by atomic mass is 127. The summed E-state index contributed by atoms with van der Waals surface area (Å²) >= 11 is 3.38. The fourth-order valence-corrected chi connectivity index (χ4v) is 2.85. The van der Waals surface area contributed by atoms with Gasteiger partial charge in [-0.1, -0.05) is 0 Å². The minimum atomic E-state index is -0.140. The van der Waals surface area contributed by atoms with Crippen molar-refractivity contribution in [2.75, 3.05) is 6.61 Å². The van der Waals surface area contributed by atoms with E-state index < -0.39 is 0 Å². The number of thiophene rings is 1. The average molecular weight is 322 g/mol. The molecular formula is C10H8FIOS. The molecule has 0 aliphatic carbocycles. The van der Waals surface area contributed by atoms with Crippen molar-refractivity contribution >= 4 is 44.0 Å². The molecule has 0 atom stereocenters. The Balaban J connectivity index is 2.64. The molecule has 4 heteroatoms. The van der Waals surface area contributed by atoms with Crippen LogP contribution in [0.3, 0.4) is 0 Å². The largest absolute Gasteiger partial charge is 0.492 e. The Morgan fingerprint density at radius 1 is 1.50 bits per heavy atom. The van der Waals surface area contributed by atoms with Crippen LogP contribution in [0.5, 0.6) is 5.75 Å². The Morgan fingerprint density at radius 2 is 2.29 bits per heavy atom. The first-order valence-corrected chi connectivity index (χ1v) is 6.18. The smallest absolute Gasteiger partial charge is 0.154 e. The molecule has 14 heavy (non-hydrogen) atoms. The predicted octanol–water partition coefficient (Wildman–Crippen LogP) is 4.04. The van der Waals surface area contributed by atoms with Crippen LogP contribution in [-0.4, -0.2) is 6.61 Å². The normalized spacial score (nSPS) is 10.8. The maximum atomic E-state index is 13.6. The zero-order chi connectivity index (χ0) is 10.1. The second kappa shape index (κ2) is 4.02. The summed E-state index contributed by atoms with van der Waals surface area (Å²) in [7, 11) is 0. The minimum absolute atomic E-state index is 0.140. The summed E-state index contributed by atoms with van der Waals surface area (Å²) in [5.74, 6) is 0.641. The van der Waals surface area contributed by atoms with Crippen LogP contribution in [0.2, 0.25) is 0 Å². The van der Waals surface area contributed by atoms with Gasteiger partial charge in [0.05, 0.1) is 14.9 Å². The van der Waals surface area contributed by atoms with Crippen LogP contribution < -0.4 is 4.74 Å². The van der Waals surface area contributed by atoms with Crippen molar-refractivity contribution in [1.29, 1.82) is 0 Å². The Hall–Kier alpha value is -0.360. The highest BCUT2D eigenvalue weighted by Crippen LogP contribution is 2.35. The van der Waals surface area contributed by atoms with Gasteiger partial charge in [-0.05, 0) is 41.6 Å². The molecule has 74 valence electrons. The number of hydrogen-bond donors (Lipinski definition) is 0. The van der Waals surface area contributed by atoms with Gasteiger partial charge in [0.1, 0.15) is 5.75 Å². The molecule has 0 unspecified atom stereocenters. The molecule has 0 radical (unpaired) electrons. The van der Waals surface area contributed by atoms with Gasteiger partial charge in [-0.15, -0.1) is 11.3 Å². The number of fused-ring (bicyclic) bond motifs is 1. The second-order valence-electron chi connectivity index (χ2n) is 2.77. The SMILES string of the molecule is CCOc1csc2c(F)c(I)ccc12. The van der Waals surface area contributed by atoms with Gasteiger partial charge in [0.2, 0.25) is 0 Å². The zero-order valence-electron chi connectivity index (χ0n) is 7.51. The third-order valence-electron chi connectivity index (χ3n) is 1.90. The van der Waals surface area contributed by atoms with Crippen LogP contribution in [0, 0.1) is 9.39 Å². The van der Waals surface area contributed by atoms with E-state index in [1.165, 1.54) is 11.3 Å². The molecule has 1 nitrogen and oxygen atoms in total. The van der Waals surface area contributed by atoms with Crippen LogP contribution >= 0.6 is 33.9 Å². The third-order valence-corrected chi connectivity index (χ3v) is 3.70. The Morgan fingerprint density at radius 3 is 3.00 bits per heavy atom. The lowest BCUT2D eigenvalue weighted by atomic mass is 10.2. The van der Waals surface area contributed by atoms with E-state index in [2.05, 4.69) is 0 Å². The third kappa shape index (κ3) is 1.61. The van der Waals surface area contributed by atoms with E-state index >= 15 is 0 Å². The summed E-state index contributed by atoms with van der Waals surface area (Å²) in [6, 6.07) is 3.68. The predicted molar refractivity (Wildman–Crippen MR) is 65.7 cm³/mol. The first-order chi connectivity index (χ1) is 6.74. The van der Waals surface area contributed by atoms with Crippen molar-refractivity contribution in [3.05, 3.63) is 26.9 Å². The zero-order valence-corrected chi connectivity index (χ0v) is 10.5. The molecule has 0 bridgehead atoms. The average Bonchev–Trinajstić information content (AvgIpc) is 2.57. The van der Waals surface area contributed by atoms with Crippen LogP contribution in [0.25, 0.3) is 10.1 Å². The van der Waals surface area contributed by atoms with E-state index in [1.807, 2.05) is 41.0 Å². The van der Waals surface area contributed by atoms with Crippen LogP contribution in [0.15, 0.2) is 17.5 Å². The van der Waals surface area contributed by atoms with Gasteiger partial charge < -0.3 is 4.74 Å². The highest BCUT2D eigenvalue weighted by Gasteiger charge is 2.11. The number of rotatable bonds is 2. The summed E-state index contributed by atoms with van der Waals surface area (Å²) < 4.78 is 20.3. The molecule has 2 aromatic rings. The van der Waals surface area contributed by atoms with E-state index in [0.717, 1.165) is 11.1 Å². The van der Waals surface area contributed by atoms with Crippen molar-refractivity contribution in [3.8, 4) is 5.75 Å². The second-order valence-corrected chi connectivity index (χ2v) is 4.81. The Labute approximate surface area is 99.0 Å². The summed E-state index contributed by atoms with van der Waals surface area (Å²) in [6.07, 6.45) is 0. The molecule has 1 aromatic carbocycles. The molecule has 1 aromatic heterocycles. The lowest BCUT2D eigenvalue weighted by molar-refractivity contribution is 0.345. The lowest BCUT2D eigenvalue weighted by Crippen LogP contribution is -1.89. The van der Waals surface area contributed by atoms with Crippen LogP contribution in [0.1, 0.15) is 6.92 Å². The van der Waals surface area contributed by atoms with Crippen molar-refractivity contribution < 1.29 is 9.13 Å². The maximum absolute atomic E-state index is 13.6. The molecule has 1 heterocycles. The number of halogens is 2. The van der Waals surface area contributed by atoms with E-state index in [4.69, 9.17) is 4.74 Å². The minimum Gasteiger partial charge on any atom is -0.492 e. The molecule has 0 aliphatic heterocycles. The quantitative estimate of drug-likeness (QED) is 0.758. The molecule has 2 rings (SSSR count). The standard InChI is InChI=1S/C10H8FIOS/c1-2-13-8-5-14-10-6(8)3-4-7(12)9(10)11/h3-5H,2H2,1H3. The van der Waals surface area contributed by atoms with Crippen LogP contribution in [-0.2, 0) is 0 Å². The first-order valence-electron chi connectivity index (χ1n) is 4.22. The summed E-state index contributed by atoms with van der Waals surface area (Å²) in [5, 5.41) is 2.72. The van der Waals surface area contributed by atoms with Gasteiger partial charge in [0.25, 0.3) is 0 Å². The lowest BCUT2D eigenvalue weighted by Gasteiger charge is -2.00. The fraction of sp³-hybridized carbons (Fsp3) is 0.200. The van der Waals surface area contributed by atoms with Gasteiger partial charge in [-0.2, -0.15) is 0 Å². The van der Waals surface area contributed by atoms with Gasteiger partial charge in [0.15, 0.2) is 5.82 Å². The van der Waals surface area contributed by atoms with E-state index in [0.29, 0.717) is 14.9 Å². The van der Waals surface area contributed by atoms with Crippen molar-refractivity contribution in [2.45, 2.75) is 6.92 Å². The van der Waals surface area contributed by atoms with Crippen molar-refractivity contribution in [3.63, 3.8) is 0 Å². The van der Waals surface area contributed by atoms with Gasteiger partial charge in [-0.3, -0.25) is 0 Å². The molecule has 0 saturated carbocycles. The topological polar surface area (TPSA) is 9.23 Å². The van der Waals surface area contributed by atoms with E-state index in [9.17, 15) is 4.39 Å². The van der Waals surface area contributed by atoms with Crippen molar-refractivity contribution in [2.24, 2.45) is 0 Å². The fourth-order valence-electron chi connectivity index (χ4n) is 1.28. The summed E-state index contributed by atoms with van der Waals surface area (Å²) in [6.45, 7) is 2.53. The Kier molecular flexibility index (Phi) is 2.92. The molecule has 0 amide bonds. The summed E-state index contributed by atoms with van der Waals surface area (Å²) in [5.41, 5.74) is 0. The Bertz CT molecular complexity index is 466. The van der Waals surface area contributed by atoms with Crippen LogP contribution in [0.4, 0.5) is 4.39 Å².